The van der Waals surface area contributed by atoms with E-state index in [0.717, 1.165) is 16.2 Å². The van der Waals surface area contributed by atoms with Crippen molar-refractivity contribution < 1.29 is 33.3 Å². The molecule has 0 aliphatic heterocycles. The Balaban J connectivity index is 2.03. The highest BCUT2D eigenvalue weighted by atomic mass is 32.1. The number of hydrogen-bond acceptors (Lipinski definition) is 8. The van der Waals surface area contributed by atoms with Crippen LogP contribution >= 0.6 is 11.3 Å². The SMILES string of the molecule is CCOc1ccc(-c2c(C)sc(NC(=O)c3cc(OCC)c(OCC)c(OCC)c3)c2C(=O)OC)cc1. The maximum Gasteiger partial charge on any atom is 0.341 e. The van der Waals surface area contributed by atoms with E-state index >= 15 is 0 Å². The molecule has 9 heteroatoms. The zero-order valence-corrected chi connectivity index (χ0v) is 22.9. The van der Waals surface area contributed by atoms with Crippen LogP contribution in [0, 0.1) is 6.92 Å². The summed E-state index contributed by atoms with van der Waals surface area (Å²) in [6.07, 6.45) is 0. The first-order chi connectivity index (χ1) is 17.9. The zero-order chi connectivity index (χ0) is 26.9. The Labute approximate surface area is 221 Å². The quantitative estimate of drug-likeness (QED) is 0.274. The van der Waals surface area contributed by atoms with E-state index in [1.54, 1.807) is 12.1 Å². The van der Waals surface area contributed by atoms with Gasteiger partial charge in [0, 0.05) is 16.0 Å². The van der Waals surface area contributed by atoms with E-state index in [0.29, 0.717) is 65.4 Å². The standard InChI is InChI=1S/C28H33NO7S/c1-7-33-20-13-11-18(12-14-20)23-17(5)37-27(24(23)28(31)32-6)29-26(30)19-15-21(34-8-2)25(36-10-4)22(16-19)35-9-3/h11-16H,7-10H2,1-6H3,(H,29,30). The van der Waals surface area contributed by atoms with Crippen LogP contribution in [0.15, 0.2) is 36.4 Å². The summed E-state index contributed by atoms with van der Waals surface area (Å²) in [7, 11) is 1.32. The molecule has 0 radical (unpaired) electrons. The minimum absolute atomic E-state index is 0.295. The summed E-state index contributed by atoms with van der Waals surface area (Å²) in [4.78, 5) is 27.1. The molecule has 1 amide bonds. The van der Waals surface area contributed by atoms with Crippen molar-refractivity contribution in [2.45, 2.75) is 34.6 Å². The van der Waals surface area contributed by atoms with E-state index in [9.17, 15) is 9.59 Å². The van der Waals surface area contributed by atoms with Crippen LogP contribution in [0.5, 0.6) is 23.0 Å². The number of esters is 1. The fraction of sp³-hybridized carbons (Fsp3) is 0.357. The smallest absolute Gasteiger partial charge is 0.341 e. The van der Waals surface area contributed by atoms with Crippen LogP contribution in [0.1, 0.15) is 53.3 Å². The molecule has 3 aromatic rings. The second kappa shape index (κ2) is 13.0. The topological polar surface area (TPSA) is 92.3 Å². The summed E-state index contributed by atoms with van der Waals surface area (Å²) in [5, 5.41) is 3.29. The van der Waals surface area contributed by atoms with Crippen molar-refractivity contribution in [2.75, 3.05) is 38.9 Å². The van der Waals surface area contributed by atoms with E-state index in [1.165, 1.54) is 18.4 Å². The molecule has 3 rings (SSSR count). The predicted molar refractivity (Wildman–Crippen MR) is 145 cm³/mol. The molecule has 1 N–H and O–H groups in total. The normalized spacial score (nSPS) is 10.5. The Morgan fingerprint density at radius 1 is 0.838 bits per heavy atom. The molecular formula is C28H33NO7S. The highest BCUT2D eigenvalue weighted by Crippen LogP contribution is 2.42. The van der Waals surface area contributed by atoms with Crippen LogP contribution in [-0.4, -0.2) is 45.4 Å². The van der Waals surface area contributed by atoms with Gasteiger partial charge in [0.1, 0.15) is 16.3 Å². The summed E-state index contributed by atoms with van der Waals surface area (Å²) in [5.74, 6) is 1.03. The third kappa shape index (κ3) is 6.35. The lowest BCUT2D eigenvalue weighted by Crippen LogP contribution is -2.15. The largest absolute Gasteiger partial charge is 0.494 e. The number of benzene rings is 2. The van der Waals surface area contributed by atoms with Crippen LogP contribution in [0.25, 0.3) is 11.1 Å². The Kier molecular flexibility index (Phi) is 9.79. The van der Waals surface area contributed by atoms with Gasteiger partial charge in [-0.1, -0.05) is 12.1 Å². The molecule has 0 bridgehead atoms. The summed E-state index contributed by atoms with van der Waals surface area (Å²) in [6.45, 7) is 11.1. The number of anilines is 1. The van der Waals surface area contributed by atoms with E-state index in [1.807, 2.05) is 58.9 Å². The highest BCUT2D eigenvalue weighted by molar-refractivity contribution is 7.17. The third-order valence-corrected chi connectivity index (χ3v) is 6.35. The van der Waals surface area contributed by atoms with E-state index < -0.39 is 11.9 Å². The maximum absolute atomic E-state index is 13.4. The van der Waals surface area contributed by atoms with Gasteiger partial charge < -0.3 is 29.0 Å². The number of carbonyl (C=O) groups is 2. The zero-order valence-electron chi connectivity index (χ0n) is 22.1. The molecule has 8 nitrogen and oxygen atoms in total. The number of hydrogen-bond donors (Lipinski definition) is 1. The molecule has 0 fully saturated rings. The van der Waals surface area contributed by atoms with Gasteiger partial charge in [-0.25, -0.2) is 4.79 Å². The summed E-state index contributed by atoms with van der Waals surface area (Å²) in [5.41, 5.74) is 2.12. The summed E-state index contributed by atoms with van der Waals surface area (Å²) in [6, 6.07) is 10.7. The van der Waals surface area contributed by atoms with Gasteiger partial charge >= 0.3 is 5.97 Å². The van der Waals surface area contributed by atoms with Crippen molar-refractivity contribution in [3.63, 3.8) is 0 Å². The minimum Gasteiger partial charge on any atom is -0.494 e. The van der Waals surface area contributed by atoms with Crippen molar-refractivity contribution >= 4 is 28.2 Å². The summed E-state index contributed by atoms with van der Waals surface area (Å²) >= 11 is 1.31. The molecule has 0 aliphatic rings. The van der Waals surface area contributed by atoms with Gasteiger partial charge in [0.25, 0.3) is 5.91 Å². The van der Waals surface area contributed by atoms with E-state index in [2.05, 4.69) is 5.32 Å². The number of carbonyl (C=O) groups excluding carboxylic acids is 2. The molecule has 0 aliphatic carbocycles. The first kappa shape index (κ1) is 27.9. The van der Waals surface area contributed by atoms with Gasteiger partial charge in [-0.2, -0.15) is 0 Å². The second-order valence-electron chi connectivity index (χ2n) is 7.74. The molecule has 1 heterocycles. The first-order valence-electron chi connectivity index (χ1n) is 12.2. The third-order valence-electron chi connectivity index (χ3n) is 5.33. The lowest BCUT2D eigenvalue weighted by molar-refractivity contribution is 0.0603. The van der Waals surface area contributed by atoms with Crippen LogP contribution in [0.4, 0.5) is 5.00 Å². The molecule has 198 valence electrons. The van der Waals surface area contributed by atoms with Crippen molar-refractivity contribution in [3.05, 3.63) is 52.4 Å². The molecule has 0 saturated carbocycles. The number of aryl methyl sites for hydroxylation is 1. The Morgan fingerprint density at radius 2 is 1.41 bits per heavy atom. The first-order valence-corrected chi connectivity index (χ1v) is 13.0. The number of thiophene rings is 1. The fourth-order valence-corrected chi connectivity index (χ4v) is 4.92. The summed E-state index contributed by atoms with van der Waals surface area (Å²) < 4.78 is 27.8. The van der Waals surface area contributed by atoms with Gasteiger partial charge in [-0.05, 0) is 64.4 Å². The Morgan fingerprint density at radius 3 is 1.92 bits per heavy atom. The van der Waals surface area contributed by atoms with Crippen molar-refractivity contribution in [1.82, 2.24) is 0 Å². The average Bonchev–Trinajstić information content (AvgIpc) is 3.21. The molecule has 0 atom stereocenters. The molecule has 0 spiro atoms. The van der Waals surface area contributed by atoms with Gasteiger partial charge in [0.2, 0.25) is 5.75 Å². The molecule has 0 saturated heterocycles. The number of amides is 1. The maximum atomic E-state index is 13.4. The molecule has 1 aromatic heterocycles. The number of methoxy groups -OCH3 is 1. The minimum atomic E-state index is -0.541. The van der Waals surface area contributed by atoms with Gasteiger partial charge in [0.15, 0.2) is 11.5 Å². The average molecular weight is 528 g/mol. The van der Waals surface area contributed by atoms with Crippen LogP contribution in [0.3, 0.4) is 0 Å². The number of rotatable bonds is 12. The number of ether oxygens (including phenoxy) is 5. The van der Waals surface area contributed by atoms with Crippen LogP contribution < -0.4 is 24.3 Å². The van der Waals surface area contributed by atoms with Crippen molar-refractivity contribution in [2.24, 2.45) is 0 Å². The predicted octanol–water partition coefficient (Wildman–Crippen LogP) is 6.36. The van der Waals surface area contributed by atoms with Crippen LogP contribution in [-0.2, 0) is 4.74 Å². The molecule has 0 unspecified atom stereocenters. The molecule has 37 heavy (non-hydrogen) atoms. The number of nitrogens with one attached hydrogen (secondary N) is 1. The van der Waals surface area contributed by atoms with Crippen molar-refractivity contribution in [3.8, 4) is 34.1 Å². The lowest BCUT2D eigenvalue weighted by Gasteiger charge is -2.17. The van der Waals surface area contributed by atoms with E-state index in [-0.39, 0.29) is 0 Å². The molecule has 2 aromatic carbocycles. The highest BCUT2D eigenvalue weighted by Gasteiger charge is 2.26. The Bertz CT molecular complexity index is 1210. The van der Waals surface area contributed by atoms with E-state index in [4.69, 9.17) is 23.7 Å². The van der Waals surface area contributed by atoms with Gasteiger partial charge in [0.05, 0.1) is 33.5 Å². The molecular weight excluding hydrogens is 494 g/mol. The fourth-order valence-electron chi connectivity index (χ4n) is 3.86. The van der Waals surface area contributed by atoms with Gasteiger partial charge in [-0.3, -0.25) is 4.79 Å². The van der Waals surface area contributed by atoms with Crippen LogP contribution in [0.2, 0.25) is 0 Å². The van der Waals surface area contributed by atoms with Gasteiger partial charge in [-0.15, -0.1) is 11.3 Å². The second-order valence-corrected chi connectivity index (χ2v) is 8.97. The lowest BCUT2D eigenvalue weighted by atomic mass is 10.0. The van der Waals surface area contributed by atoms with Crippen molar-refractivity contribution in [1.29, 1.82) is 0 Å². The Hall–Kier alpha value is -3.72. The monoisotopic (exact) mass is 527 g/mol.